The van der Waals surface area contributed by atoms with Gasteiger partial charge in [-0.1, -0.05) is 31.4 Å². The summed E-state index contributed by atoms with van der Waals surface area (Å²) in [6, 6.07) is 0.492. The van der Waals surface area contributed by atoms with Gasteiger partial charge in [0, 0.05) is 13.1 Å². The van der Waals surface area contributed by atoms with Crippen molar-refractivity contribution in [3.05, 3.63) is 11.2 Å². The lowest BCUT2D eigenvalue weighted by Gasteiger charge is -2.35. The molecule has 18 heavy (non-hydrogen) atoms. The molecule has 2 unspecified atom stereocenters. The van der Waals surface area contributed by atoms with Gasteiger partial charge in [-0.05, 0) is 18.8 Å². The Morgan fingerprint density at radius 2 is 2.28 bits per heavy atom. The van der Waals surface area contributed by atoms with Crippen LogP contribution in [0.3, 0.4) is 0 Å². The SMILES string of the molecule is CC1CCCC(N(C)c2nc(NN)ncc2Cl)C1. The van der Waals surface area contributed by atoms with Crippen LogP contribution in [-0.2, 0) is 0 Å². The molecule has 0 saturated heterocycles. The van der Waals surface area contributed by atoms with Gasteiger partial charge in [-0.15, -0.1) is 0 Å². The lowest BCUT2D eigenvalue weighted by atomic mass is 9.86. The first-order chi connectivity index (χ1) is 8.61. The Kier molecular flexibility index (Phi) is 4.24. The number of nitrogens with zero attached hydrogens (tertiary/aromatic N) is 3. The summed E-state index contributed by atoms with van der Waals surface area (Å²) in [5.41, 5.74) is 2.45. The topological polar surface area (TPSA) is 67.1 Å². The van der Waals surface area contributed by atoms with Crippen LogP contribution < -0.4 is 16.2 Å². The van der Waals surface area contributed by atoms with E-state index >= 15 is 0 Å². The maximum Gasteiger partial charge on any atom is 0.239 e. The third kappa shape index (κ3) is 2.84. The Balaban J connectivity index is 2.19. The van der Waals surface area contributed by atoms with Crippen LogP contribution in [0.4, 0.5) is 11.8 Å². The van der Waals surface area contributed by atoms with Crippen molar-refractivity contribution in [1.82, 2.24) is 9.97 Å². The standard InChI is InChI=1S/C12H20ClN5/c1-8-4-3-5-9(6-8)18(2)11-10(13)7-15-12(16-11)17-14/h7-9H,3-6,14H2,1-2H3,(H,15,16,17). The lowest BCUT2D eigenvalue weighted by molar-refractivity contribution is 0.335. The highest BCUT2D eigenvalue weighted by atomic mass is 35.5. The highest BCUT2D eigenvalue weighted by molar-refractivity contribution is 6.32. The minimum atomic E-state index is 0.394. The number of hydrogen-bond donors (Lipinski definition) is 2. The van der Waals surface area contributed by atoms with E-state index < -0.39 is 0 Å². The average molecular weight is 270 g/mol. The molecule has 1 aromatic rings. The molecule has 0 bridgehead atoms. The summed E-state index contributed by atoms with van der Waals surface area (Å²) in [5, 5.41) is 0.565. The van der Waals surface area contributed by atoms with E-state index in [1.165, 1.54) is 25.7 Å². The third-order valence-corrected chi connectivity index (χ3v) is 3.91. The summed E-state index contributed by atoms with van der Waals surface area (Å²) < 4.78 is 0. The van der Waals surface area contributed by atoms with Crippen molar-refractivity contribution in [2.45, 2.75) is 38.6 Å². The summed E-state index contributed by atoms with van der Waals surface area (Å²) in [6.45, 7) is 2.30. The summed E-state index contributed by atoms with van der Waals surface area (Å²) in [6.07, 6.45) is 6.54. The zero-order valence-corrected chi connectivity index (χ0v) is 11.6. The number of nitrogen functional groups attached to an aromatic ring is 1. The molecular formula is C12H20ClN5. The number of halogens is 1. The van der Waals surface area contributed by atoms with Crippen molar-refractivity contribution in [2.75, 3.05) is 17.4 Å². The van der Waals surface area contributed by atoms with Crippen LogP contribution >= 0.6 is 11.6 Å². The number of hydrogen-bond acceptors (Lipinski definition) is 5. The Hall–Kier alpha value is -1.07. The second-order valence-electron chi connectivity index (χ2n) is 5.05. The Morgan fingerprint density at radius 3 is 2.94 bits per heavy atom. The first kappa shape index (κ1) is 13.4. The molecule has 2 rings (SSSR count). The monoisotopic (exact) mass is 269 g/mol. The summed E-state index contributed by atoms with van der Waals surface area (Å²) in [4.78, 5) is 10.5. The van der Waals surface area contributed by atoms with Crippen molar-refractivity contribution in [2.24, 2.45) is 11.8 Å². The van der Waals surface area contributed by atoms with Gasteiger partial charge in [0.15, 0.2) is 5.82 Å². The van der Waals surface area contributed by atoms with Crippen LogP contribution in [0, 0.1) is 5.92 Å². The van der Waals surface area contributed by atoms with Gasteiger partial charge >= 0.3 is 0 Å². The van der Waals surface area contributed by atoms with Crippen LogP contribution in [0.15, 0.2) is 6.20 Å². The highest BCUT2D eigenvalue weighted by Gasteiger charge is 2.24. The number of nitrogens with one attached hydrogen (secondary N) is 1. The molecule has 100 valence electrons. The molecule has 0 amide bonds. The van der Waals surface area contributed by atoms with Gasteiger partial charge < -0.3 is 4.90 Å². The van der Waals surface area contributed by atoms with Gasteiger partial charge in [0.25, 0.3) is 0 Å². The first-order valence-electron chi connectivity index (χ1n) is 6.33. The van der Waals surface area contributed by atoms with Crippen LogP contribution in [-0.4, -0.2) is 23.1 Å². The number of anilines is 2. The van der Waals surface area contributed by atoms with E-state index in [2.05, 4.69) is 27.2 Å². The zero-order chi connectivity index (χ0) is 13.1. The molecule has 1 heterocycles. The van der Waals surface area contributed by atoms with Crippen molar-refractivity contribution >= 4 is 23.4 Å². The Labute approximate surface area is 113 Å². The predicted molar refractivity (Wildman–Crippen MR) is 74.7 cm³/mol. The Morgan fingerprint density at radius 1 is 1.50 bits per heavy atom. The Bertz CT molecular complexity index is 411. The molecule has 6 heteroatoms. The maximum atomic E-state index is 6.17. The average Bonchev–Trinajstić information content (AvgIpc) is 2.38. The molecule has 0 aliphatic heterocycles. The molecule has 1 fully saturated rings. The molecule has 3 N–H and O–H groups in total. The van der Waals surface area contributed by atoms with Crippen molar-refractivity contribution in [1.29, 1.82) is 0 Å². The molecule has 1 aromatic heterocycles. The van der Waals surface area contributed by atoms with E-state index in [0.717, 1.165) is 11.7 Å². The fourth-order valence-corrected chi connectivity index (χ4v) is 2.83. The fraction of sp³-hybridized carbons (Fsp3) is 0.667. The number of hydrazine groups is 1. The molecule has 5 nitrogen and oxygen atoms in total. The van der Waals surface area contributed by atoms with E-state index in [4.69, 9.17) is 17.4 Å². The van der Waals surface area contributed by atoms with Crippen LogP contribution in [0.1, 0.15) is 32.6 Å². The summed E-state index contributed by atoms with van der Waals surface area (Å²) in [5.74, 6) is 7.24. The number of aromatic nitrogens is 2. The van der Waals surface area contributed by atoms with Crippen molar-refractivity contribution < 1.29 is 0 Å². The number of rotatable bonds is 3. The molecule has 2 atom stereocenters. The predicted octanol–water partition coefficient (Wildman–Crippen LogP) is 2.43. The zero-order valence-electron chi connectivity index (χ0n) is 10.9. The van der Waals surface area contributed by atoms with Crippen LogP contribution in [0.5, 0.6) is 0 Å². The summed E-state index contributed by atoms with van der Waals surface area (Å²) in [7, 11) is 2.04. The van der Waals surface area contributed by atoms with E-state index in [0.29, 0.717) is 17.0 Å². The second kappa shape index (κ2) is 5.71. The van der Waals surface area contributed by atoms with Crippen molar-refractivity contribution in [3.63, 3.8) is 0 Å². The van der Waals surface area contributed by atoms with Crippen LogP contribution in [0.2, 0.25) is 5.02 Å². The van der Waals surface area contributed by atoms with Gasteiger partial charge in [-0.3, -0.25) is 5.43 Å². The van der Waals surface area contributed by atoms with Gasteiger partial charge in [0.05, 0.1) is 6.20 Å². The molecular weight excluding hydrogens is 250 g/mol. The molecule has 1 saturated carbocycles. The van der Waals surface area contributed by atoms with E-state index in [-0.39, 0.29) is 0 Å². The number of nitrogens with two attached hydrogens (primary N) is 1. The first-order valence-corrected chi connectivity index (χ1v) is 6.71. The minimum Gasteiger partial charge on any atom is -0.355 e. The van der Waals surface area contributed by atoms with Crippen molar-refractivity contribution in [3.8, 4) is 0 Å². The molecule has 0 radical (unpaired) electrons. The van der Waals surface area contributed by atoms with Gasteiger partial charge in [0.1, 0.15) is 5.02 Å². The smallest absolute Gasteiger partial charge is 0.239 e. The lowest BCUT2D eigenvalue weighted by Crippen LogP contribution is -2.36. The van der Waals surface area contributed by atoms with E-state index in [9.17, 15) is 0 Å². The largest absolute Gasteiger partial charge is 0.355 e. The maximum absolute atomic E-state index is 6.17. The third-order valence-electron chi connectivity index (χ3n) is 3.65. The van der Waals surface area contributed by atoms with Gasteiger partial charge in [-0.25, -0.2) is 10.8 Å². The molecule has 1 aliphatic rings. The normalized spacial score (nSPS) is 23.8. The van der Waals surface area contributed by atoms with E-state index in [1.807, 2.05) is 7.05 Å². The highest BCUT2D eigenvalue weighted by Crippen LogP contribution is 2.31. The van der Waals surface area contributed by atoms with Gasteiger partial charge in [0.2, 0.25) is 5.95 Å². The van der Waals surface area contributed by atoms with E-state index in [1.54, 1.807) is 6.20 Å². The molecule has 1 aliphatic carbocycles. The van der Waals surface area contributed by atoms with Crippen LogP contribution in [0.25, 0.3) is 0 Å². The fourth-order valence-electron chi connectivity index (χ4n) is 2.60. The van der Waals surface area contributed by atoms with Gasteiger partial charge in [-0.2, -0.15) is 4.98 Å². The second-order valence-corrected chi connectivity index (χ2v) is 5.45. The molecule has 0 aromatic carbocycles. The molecule has 0 spiro atoms. The quantitative estimate of drug-likeness (QED) is 0.652. The minimum absolute atomic E-state index is 0.394. The summed E-state index contributed by atoms with van der Waals surface area (Å²) >= 11 is 6.17.